The lowest BCUT2D eigenvalue weighted by Crippen LogP contribution is -2.01. The molecule has 0 aliphatic rings. The van der Waals surface area contributed by atoms with Crippen molar-refractivity contribution in [3.63, 3.8) is 0 Å². The Hall–Kier alpha value is -1.96. The van der Waals surface area contributed by atoms with Crippen LogP contribution in [0.1, 0.15) is 25.7 Å². The SMILES string of the molecule is Ic1ccccc1OCCCCCCn1cc(-c2cccnc2)nn1. The van der Waals surface area contributed by atoms with E-state index in [4.69, 9.17) is 4.74 Å². The van der Waals surface area contributed by atoms with Crippen LogP contribution in [0, 0.1) is 3.57 Å². The van der Waals surface area contributed by atoms with E-state index in [1.54, 1.807) is 6.20 Å². The van der Waals surface area contributed by atoms with Crippen LogP contribution >= 0.6 is 22.6 Å². The largest absolute Gasteiger partial charge is 0.492 e. The quantitative estimate of drug-likeness (QED) is 0.355. The Morgan fingerprint density at radius 1 is 1.00 bits per heavy atom. The number of nitrogens with zero attached hydrogens (tertiary/aromatic N) is 4. The van der Waals surface area contributed by atoms with Crippen LogP contribution in [0.25, 0.3) is 11.3 Å². The second-order valence-corrected chi connectivity index (χ2v) is 6.96. The van der Waals surface area contributed by atoms with Gasteiger partial charge in [0.1, 0.15) is 11.4 Å². The van der Waals surface area contributed by atoms with Crippen LogP contribution in [0.4, 0.5) is 0 Å². The molecule has 0 radical (unpaired) electrons. The Balaban J connectivity index is 1.31. The van der Waals surface area contributed by atoms with Gasteiger partial charge in [-0.15, -0.1) is 5.10 Å². The zero-order valence-corrected chi connectivity index (χ0v) is 16.2. The number of unbranched alkanes of at least 4 members (excludes halogenated alkanes) is 3. The molecule has 0 fully saturated rings. The van der Waals surface area contributed by atoms with Crippen LogP contribution in [0.5, 0.6) is 5.75 Å². The first-order chi connectivity index (χ1) is 12.3. The van der Waals surface area contributed by atoms with Crippen molar-refractivity contribution in [1.29, 1.82) is 0 Å². The molecule has 0 N–H and O–H groups in total. The van der Waals surface area contributed by atoms with E-state index in [1.165, 1.54) is 0 Å². The molecule has 0 saturated carbocycles. The Morgan fingerprint density at radius 2 is 1.88 bits per heavy atom. The smallest absolute Gasteiger partial charge is 0.132 e. The molecule has 3 rings (SSSR count). The van der Waals surface area contributed by atoms with Crippen molar-refractivity contribution in [2.75, 3.05) is 6.61 Å². The van der Waals surface area contributed by atoms with Crippen molar-refractivity contribution in [2.45, 2.75) is 32.2 Å². The molecular formula is C19H21IN4O. The fraction of sp³-hybridized carbons (Fsp3) is 0.316. The van der Waals surface area contributed by atoms with Gasteiger partial charge in [-0.05, 0) is 66.1 Å². The van der Waals surface area contributed by atoms with Crippen LogP contribution in [0.15, 0.2) is 55.0 Å². The molecule has 130 valence electrons. The third-order valence-corrected chi connectivity index (χ3v) is 4.76. The van der Waals surface area contributed by atoms with Crippen LogP contribution in [-0.4, -0.2) is 26.6 Å². The summed E-state index contributed by atoms with van der Waals surface area (Å²) >= 11 is 2.30. The van der Waals surface area contributed by atoms with Crippen molar-refractivity contribution in [3.8, 4) is 17.0 Å². The number of pyridine rings is 1. The number of halogens is 1. The van der Waals surface area contributed by atoms with E-state index in [-0.39, 0.29) is 0 Å². The molecule has 0 aliphatic carbocycles. The molecule has 0 atom stereocenters. The average Bonchev–Trinajstić information content (AvgIpc) is 3.12. The molecular weight excluding hydrogens is 427 g/mol. The Bertz CT molecular complexity index is 776. The van der Waals surface area contributed by atoms with Gasteiger partial charge in [0.2, 0.25) is 0 Å². The summed E-state index contributed by atoms with van der Waals surface area (Å²) in [4.78, 5) is 4.11. The van der Waals surface area contributed by atoms with Crippen molar-refractivity contribution >= 4 is 22.6 Å². The molecule has 0 bridgehead atoms. The van der Waals surface area contributed by atoms with Gasteiger partial charge in [-0.25, -0.2) is 0 Å². The number of hydrogen-bond acceptors (Lipinski definition) is 4. The summed E-state index contributed by atoms with van der Waals surface area (Å²) in [5.74, 6) is 0.980. The van der Waals surface area contributed by atoms with E-state index < -0.39 is 0 Å². The van der Waals surface area contributed by atoms with Crippen LogP contribution in [0.2, 0.25) is 0 Å². The second-order valence-electron chi connectivity index (χ2n) is 5.80. The summed E-state index contributed by atoms with van der Waals surface area (Å²) in [6.45, 7) is 1.67. The fourth-order valence-corrected chi connectivity index (χ4v) is 3.07. The predicted octanol–water partition coefficient (Wildman–Crippen LogP) is 4.58. The summed E-state index contributed by atoms with van der Waals surface area (Å²) < 4.78 is 8.88. The third kappa shape index (κ3) is 5.52. The highest BCUT2D eigenvalue weighted by Gasteiger charge is 2.03. The molecule has 0 unspecified atom stereocenters. The second kappa shape index (κ2) is 9.50. The summed E-state index contributed by atoms with van der Waals surface area (Å²) in [6.07, 6.45) is 10.0. The van der Waals surface area contributed by atoms with Crippen molar-refractivity contribution < 1.29 is 4.74 Å². The van der Waals surface area contributed by atoms with Gasteiger partial charge in [0.05, 0.1) is 16.4 Å². The number of aromatic nitrogens is 4. The number of para-hydroxylation sites is 1. The first-order valence-corrected chi connectivity index (χ1v) is 9.59. The molecule has 1 aromatic carbocycles. The summed E-state index contributed by atoms with van der Waals surface area (Å²) in [5.41, 5.74) is 1.88. The molecule has 5 nitrogen and oxygen atoms in total. The predicted molar refractivity (Wildman–Crippen MR) is 106 cm³/mol. The highest BCUT2D eigenvalue weighted by molar-refractivity contribution is 14.1. The van der Waals surface area contributed by atoms with Gasteiger partial charge in [-0.1, -0.05) is 23.8 Å². The zero-order valence-electron chi connectivity index (χ0n) is 14.0. The lowest BCUT2D eigenvalue weighted by Gasteiger charge is -2.07. The Morgan fingerprint density at radius 3 is 2.72 bits per heavy atom. The van der Waals surface area contributed by atoms with Gasteiger partial charge in [0.15, 0.2) is 0 Å². The maximum absolute atomic E-state index is 5.81. The van der Waals surface area contributed by atoms with Gasteiger partial charge < -0.3 is 4.74 Å². The molecule has 0 saturated heterocycles. The van der Waals surface area contributed by atoms with E-state index in [1.807, 2.05) is 47.4 Å². The van der Waals surface area contributed by atoms with Gasteiger partial charge in [-0.3, -0.25) is 9.67 Å². The van der Waals surface area contributed by atoms with E-state index in [9.17, 15) is 0 Å². The highest BCUT2D eigenvalue weighted by Crippen LogP contribution is 2.20. The van der Waals surface area contributed by atoms with Crippen molar-refractivity contribution in [2.24, 2.45) is 0 Å². The normalized spacial score (nSPS) is 10.8. The van der Waals surface area contributed by atoms with Gasteiger partial charge >= 0.3 is 0 Å². The summed E-state index contributed by atoms with van der Waals surface area (Å²) in [6, 6.07) is 12.0. The molecule has 0 aliphatic heterocycles. The molecule has 2 aromatic heterocycles. The van der Waals surface area contributed by atoms with Crippen LogP contribution < -0.4 is 4.74 Å². The number of hydrogen-bond donors (Lipinski definition) is 0. The minimum absolute atomic E-state index is 0.772. The lowest BCUT2D eigenvalue weighted by atomic mass is 10.2. The maximum atomic E-state index is 5.81. The zero-order chi connectivity index (χ0) is 17.3. The maximum Gasteiger partial charge on any atom is 0.132 e. The third-order valence-electron chi connectivity index (χ3n) is 3.87. The fourth-order valence-electron chi connectivity index (χ4n) is 2.53. The van der Waals surface area contributed by atoms with Crippen molar-refractivity contribution in [1.82, 2.24) is 20.0 Å². The molecule has 6 heteroatoms. The van der Waals surface area contributed by atoms with Gasteiger partial charge in [-0.2, -0.15) is 0 Å². The molecule has 3 aromatic rings. The standard InChI is InChI=1S/C19H21IN4O/c20-17-9-3-4-10-19(17)25-13-6-2-1-5-12-24-15-18(22-23-24)16-8-7-11-21-14-16/h3-4,7-11,14-15H,1-2,5-6,12-13H2. The van der Waals surface area contributed by atoms with E-state index >= 15 is 0 Å². The molecule has 0 amide bonds. The van der Waals surface area contributed by atoms with Gasteiger partial charge in [0.25, 0.3) is 0 Å². The van der Waals surface area contributed by atoms with Crippen LogP contribution in [0.3, 0.4) is 0 Å². The minimum atomic E-state index is 0.772. The van der Waals surface area contributed by atoms with Gasteiger partial charge in [0, 0.05) is 24.5 Å². The van der Waals surface area contributed by atoms with E-state index in [0.717, 1.165) is 59.4 Å². The van der Waals surface area contributed by atoms with Crippen molar-refractivity contribution in [3.05, 3.63) is 58.6 Å². The Labute approximate surface area is 161 Å². The number of benzene rings is 1. The molecule has 0 spiro atoms. The van der Waals surface area contributed by atoms with Crippen LogP contribution in [-0.2, 0) is 6.54 Å². The topological polar surface area (TPSA) is 52.8 Å². The summed E-state index contributed by atoms with van der Waals surface area (Å²) in [5, 5.41) is 8.40. The molecule has 25 heavy (non-hydrogen) atoms. The average molecular weight is 448 g/mol. The summed E-state index contributed by atoms with van der Waals surface area (Å²) in [7, 11) is 0. The first kappa shape index (κ1) is 17.8. The minimum Gasteiger partial charge on any atom is -0.492 e. The molecule has 2 heterocycles. The Kier molecular flexibility index (Phi) is 6.79. The number of aryl methyl sites for hydroxylation is 1. The van der Waals surface area contributed by atoms with E-state index in [0.29, 0.717) is 0 Å². The first-order valence-electron chi connectivity index (χ1n) is 8.51. The number of ether oxygens (including phenoxy) is 1. The highest BCUT2D eigenvalue weighted by atomic mass is 127. The lowest BCUT2D eigenvalue weighted by molar-refractivity contribution is 0.302. The number of rotatable bonds is 9. The van der Waals surface area contributed by atoms with E-state index in [2.05, 4.69) is 44.0 Å². The monoisotopic (exact) mass is 448 g/mol.